The van der Waals surface area contributed by atoms with E-state index in [0.29, 0.717) is 11.8 Å². The minimum atomic E-state index is -2.83. The fraction of sp³-hybridized carbons (Fsp3) is 1.00. The Labute approximate surface area is 124 Å². The van der Waals surface area contributed by atoms with Gasteiger partial charge in [-0.25, -0.2) is 8.42 Å². The van der Waals surface area contributed by atoms with Crippen molar-refractivity contribution < 1.29 is 8.42 Å². The molecule has 2 aliphatic heterocycles. The van der Waals surface area contributed by atoms with E-state index in [-0.39, 0.29) is 10.8 Å². The van der Waals surface area contributed by atoms with Gasteiger partial charge in [-0.05, 0) is 32.1 Å². The summed E-state index contributed by atoms with van der Waals surface area (Å²) in [5.41, 5.74) is 0.175. The zero-order chi connectivity index (χ0) is 14.8. The van der Waals surface area contributed by atoms with Gasteiger partial charge in [-0.15, -0.1) is 0 Å². The van der Waals surface area contributed by atoms with Crippen LogP contribution < -0.4 is 5.32 Å². The second-order valence-electron chi connectivity index (χ2n) is 6.49. The maximum Gasteiger partial charge on any atom is 0.154 e. The van der Waals surface area contributed by atoms with Crippen molar-refractivity contribution in [1.29, 1.82) is 0 Å². The van der Waals surface area contributed by atoms with Gasteiger partial charge in [0.05, 0.1) is 11.0 Å². The van der Waals surface area contributed by atoms with Crippen molar-refractivity contribution in [2.45, 2.75) is 69.7 Å². The number of sulfone groups is 1. The second kappa shape index (κ2) is 6.32. The molecule has 2 aliphatic rings. The summed E-state index contributed by atoms with van der Waals surface area (Å²) in [6.45, 7) is 9.38. The number of piperazine rings is 1. The second-order valence-corrected chi connectivity index (χ2v) is 8.89. The quantitative estimate of drug-likeness (QED) is 0.841. The van der Waals surface area contributed by atoms with Crippen LogP contribution in [0.15, 0.2) is 0 Å². The third kappa shape index (κ3) is 3.20. The molecule has 5 heteroatoms. The molecule has 0 radical (unpaired) electrons. The van der Waals surface area contributed by atoms with E-state index in [1.54, 1.807) is 0 Å². The summed E-state index contributed by atoms with van der Waals surface area (Å²) >= 11 is 0. The summed E-state index contributed by atoms with van der Waals surface area (Å²) in [5, 5.41) is 3.59. The topological polar surface area (TPSA) is 49.4 Å². The minimum absolute atomic E-state index is 0.124. The van der Waals surface area contributed by atoms with Crippen LogP contribution >= 0.6 is 0 Å². The molecular weight excluding hydrogens is 272 g/mol. The first-order valence-corrected chi connectivity index (χ1v) is 9.88. The summed E-state index contributed by atoms with van der Waals surface area (Å²) in [5.74, 6) is 0.396. The highest BCUT2D eigenvalue weighted by atomic mass is 32.2. The Bertz CT molecular complexity index is 418. The lowest BCUT2D eigenvalue weighted by Crippen LogP contribution is -2.64. The number of nitrogens with one attached hydrogen (secondary N) is 1. The van der Waals surface area contributed by atoms with E-state index in [9.17, 15) is 8.42 Å². The summed E-state index contributed by atoms with van der Waals surface area (Å²) in [4.78, 5) is 2.46. The third-order valence-corrected chi connectivity index (χ3v) is 7.72. The molecule has 2 fully saturated rings. The summed E-state index contributed by atoms with van der Waals surface area (Å²) < 4.78 is 24.2. The first-order chi connectivity index (χ1) is 9.46. The predicted molar refractivity (Wildman–Crippen MR) is 83.8 cm³/mol. The highest BCUT2D eigenvalue weighted by molar-refractivity contribution is 7.92. The van der Waals surface area contributed by atoms with E-state index >= 15 is 0 Å². The zero-order valence-corrected chi connectivity index (χ0v) is 14.0. The fourth-order valence-corrected chi connectivity index (χ4v) is 5.55. The smallest absolute Gasteiger partial charge is 0.154 e. The van der Waals surface area contributed by atoms with Crippen LogP contribution in [0.25, 0.3) is 0 Å². The first kappa shape index (κ1) is 16.2. The van der Waals surface area contributed by atoms with Gasteiger partial charge in [-0.2, -0.15) is 0 Å². The van der Waals surface area contributed by atoms with E-state index in [1.807, 2.05) is 0 Å². The lowest BCUT2D eigenvalue weighted by atomic mass is 9.88. The molecule has 0 bridgehead atoms. The van der Waals surface area contributed by atoms with Crippen molar-refractivity contribution in [3.8, 4) is 0 Å². The van der Waals surface area contributed by atoms with Gasteiger partial charge in [0, 0.05) is 31.2 Å². The number of nitrogens with zero attached hydrogens (tertiary/aromatic N) is 1. The van der Waals surface area contributed by atoms with Crippen molar-refractivity contribution in [3.05, 3.63) is 0 Å². The molecule has 0 aromatic carbocycles. The van der Waals surface area contributed by atoms with Crippen molar-refractivity contribution in [2.75, 3.05) is 25.4 Å². The normalized spacial score (nSPS) is 33.4. The van der Waals surface area contributed by atoms with Gasteiger partial charge in [0.1, 0.15) is 0 Å². The Morgan fingerprint density at radius 1 is 1.25 bits per heavy atom. The minimum Gasteiger partial charge on any atom is -0.308 e. The van der Waals surface area contributed by atoms with Crippen LogP contribution in [0.4, 0.5) is 0 Å². The van der Waals surface area contributed by atoms with Crippen LogP contribution in [0.1, 0.15) is 52.9 Å². The zero-order valence-electron chi connectivity index (χ0n) is 13.2. The molecule has 2 saturated heterocycles. The molecule has 0 spiro atoms. The van der Waals surface area contributed by atoms with E-state index in [4.69, 9.17) is 0 Å². The van der Waals surface area contributed by atoms with Crippen molar-refractivity contribution in [1.82, 2.24) is 10.2 Å². The third-order valence-electron chi connectivity index (χ3n) is 5.46. The molecule has 118 valence electrons. The van der Waals surface area contributed by atoms with Gasteiger partial charge < -0.3 is 5.32 Å². The highest BCUT2D eigenvalue weighted by Gasteiger charge is 2.40. The van der Waals surface area contributed by atoms with Crippen LogP contribution in [0.5, 0.6) is 0 Å². The van der Waals surface area contributed by atoms with E-state index in [0.717, 1.165) is 51.7 Å². The van der Waals surface area contributed by atoms with Crippen LogP contribution in [0, 0.1) is 0 Å². The molecule has 0 saturated carbocycles. The maximum absolute atomic E-state index is 12.1. The molecule has 0 aromatic heterocycles. The number of hydrogen-bond donors (Lipinski definition) is 1. The lowest BCUT2D eigenvalue weighted by Gasteiger charge is -2.48. The van der Waals surface area contributed by atoms with Gasteiger partial charge in [0.2, 0.25) is 0 Å². The molecule has 2 rings (SSSR count). The maximum atomic E-state index is 12.1. The van der Waals surface area contributed by atoms with Crippen LogP contribution in [0.2, 0.25) is 0 Å². The standard InChI is InChI=1S/C15H30N2O2S/c1-4-13-10-16-15(5-2,6-3)12-17(13)11-14-8-7-9-20(14,18)19/h13-14,16H,4-12H2,1-3H3. The SMILES string of the molecule is CCC1CNC(CC)(CC)CN1CC1CCCS1(=O)=O. The molecule has 20 heavy (non-hydrogen) atoms. The molecule has 0 aromatic rings. The van der Waals surface area contributed by atoms with Crippen molar-refractivity contribution in [3.63, 3.8) is 0 Å². The molecule has 2 heterocycles. The van der Waals surface area contributed by atoms with E-state index in [1.165, 1.54) is 0 Å². The van der Waals surface area contributed by atoms with Gasteiger partial charge >= 0.3 is 0 Å². The Morgan fingerprint density at radius 3 is 2.45 bits per heavy atom. The van der Waals surface area contributed by atoms with Crippen LogP contribution in [-0.4, -0.2) is 55.5 Å². The van der Waals surface area contributed by atoms with Crippen LogP contribution in [-0.2, 0) is 9.84 Å². The summed E-state index contributed by atoms with van der Waals surface area (Å²) in [6.07, 6.45) is 5.00. The molecule has 2 atom stereocenters. The van der Waals surface area contributed by atoms with Crippen molar-refractivity contribution >= 4 is 9.84 Å². The molecule has 2 unspecified atom stereocenters. The average molecular weight is 302 g/mol. The van der Waals surface area contributed by atoms with Crippen molar-refractivity contribution in [2.24, 2.45) is 0 Å². The largest absolute Gasteiger partial charge is 0.308 e. The molecule has 0 amide bonds. The van der Waals surface area contributed by atoms with Crippen LogP contribution in [0.3, 0.4) is 0 Å². The monoisotopic (exact) mass is 302 g/mol. The molecule has 0 aliphatic carbocycles. The average Bonchev–Trinajstić information content (AvgIpc) is 2.78. The Hall–Kier alpha value is -0.130. The Morgan fingerprint density at radius 2 is 1.95 bits per heavy atom. The Balaban J connectivity index is 2.09. The molecule has 1 N–H and O–H groups in total. The summed E-state index contributed by atoms with van der Waals surface area (Å²) in [7, 11) is -2.83. The number of rotatable bonds is 5. The van der Waals surface area contributed by atoms with Gasteiger partial charge in [0.15, 0.2) is 9.84 Å². The molecular formula is C15H30N2O2S. The Kier molecular flexibility index (Phi) is 5.14. The van der Waals surface area contributed by atoms with Gasteiger partial charge in [0.25, 0.3) is 0 Å². The first-order valence-electron chi connectivity index (χ1n) is 8.17. The van der Waals surface area contributed by atoms with Gasteiger partial charge in [-0.1, -0.05) is 20.8 Å². The number of hydrogen-bond acceptors (Lipinski definition) is 4. The molecule has 4 nitrogen and oxygen atoms in total. The fourth-order valence-electron chi connectivity index (χ4n) is 3.70. The van der Waals surface area contributed by atoms with E-state index in [2.05, 4.69) is 31.0 Å². The van der Waals surface area contributed by atoms with Gasteiger partial charge in [-0.3, -0.25) is 4.90 Å². The predicted octanol–water partition coefficient (Wildman–Crippen LogP) is 1.81. The van der Waals surface area contributed by atoms with E-state index < -0.39 is 9.84 Å². The lowest BCUT2D eigenvalue weighted by molar-refractivity contribution is 0.0704. The summed E-state index contributed by atoms with van der Waals surface area (Å²) in [6, 6.07) is 0.483. The highest BCUT2D eigenvalue weighted by Crippen LogP contribution is 2.27.